The minimum absolute atomic E-state index is 0.426. The molecule has 4 nitrogen and oxygen atoms in total. The van der Waals surface area contributed by atoms with E-state index in [0.29, 0.717) is 12.0 Å². The molecule has 70 valence electrons. The summed E-state index contributed by atoms with van der Waals surface area (Å²) in [6.45, 7) is 1.10. The van der Waals surface area contributed by atoms with Gasteiger partial charge in [0.25, 0.3) is 0 Å². The van der Waals surface area contributed by atoms with E-state index in [-0.39, 0.29) is 0 Å². The number of hydrogen-bond donors (Lipinski definition) is 2. The Balaban J connectivity index is 2.18. The molecule has 1 saturated heterocycles. The van der Waals surface area contributed by atoms with Crippen molar-refractivity contribution in [1.29, 1.82) is 0 Å². The Morgan fingerprint density at radius 3 is 3.23 bits per heavy atom. The minimum Gasteiger partial charge on any atom is -0.357 e. The van der Waals surface area contributed by atoms with Gasteiger partial charge in [0.2, 0.25) is 5.95 Å². The van der Waals surface area contributed by atoms with Gasteiger partial charge in [0.15, 0.2) is 0 Å². The highest BCUT2D eigenvalue weighted by molar-refractivity contribution is 5.25. The number of nitrogens with zero attached hydrogens (tertiary/aromatic N) is 2. The van der Waals surface area contributed by atoms with Gasteiger partial charge in [-0.3, -0.25) is 0 Å². The summed E-state index contributed by atoms with van der Waals surface area (Å²) in [5.41, 5.74) is 1.09. The summed E-state index contributed by atoms with van der Waals surface area (Å²) < 4.78 is 0. The molecule has 1 atom stereocenters. The van der Waals surface area contributed by atoms with Gasteiger partial charge in [-0.25, -0.2) is 9.97 Å². The third-order valence-corrected chi connectivity index (χ3v) is 2.32. The van der Waals surface area contributed by atoms with Gasteiger partial charge in [-0.1, -0.05) is 0 Å². The van der Waals surface area contributed by atoms with Crippen LogP contribution in [0.15, 0.2) is 12.3 Å². The number of aromatic nitrogens is 2. The van der Waals surface area contributed by atoms with Crippen LogP contribution in [-0.2, 0) is 0 Å². The number of nitrogens with one attached hydrogen (secondary N) is 2. The zero-order valence-electron chi connectivity index (χ0n) is 7.75. The van der Waals surface area contributed by atoms with Crippen LogP contribution in [0.4, 0.5) is 5.95 Å². The molecule has 1 aliphatic heterocycles. The van der Waals surface area contributed by atoms with Crippen LogP contribution in [-0.4, -0.2) is 23.6 Å². The third kappa shape index (κ3) is 1.78. The molecule has 0 spiro atoms. The van der Waals surface area contributed by atoms with Crippen LogP contribution in [0.1, 0.15) is 24.6 Å². The smallest absolute Gasteiger partial charge is 0.222 e. The summed E-state index contributed by atoms with van der Waals surface area (Å²) >= 11 is 0. The topological polar surface area (TPSA) is 49.8 Å². The van der Waals surface area contributed by atoms with Crippen molar-refractivity contribution in [2.24, 2.45) is 0 Å². The fourth-order valence-corrected chi connectivity index (χ4v) is 1.62. The molecule has 4 heteroatoms. The highest BCUT2D eigenvalue weighted by Crippen LogP contribution is 2.21. The zero-order chi connectivity index (χ0) is 9.10. The molecule has 1 aromatic heterocycles. The molecule has 1 fully saturated rings. The number of anilines is 1. The van der Waals surface area contributed by atoms with Gasteiger partial charge >= 0.3 is 0 Å². The standard InChI is InChI=1S/C9H14N4/c1-10-9-12-6-4-8(13-9)7-3-2-5-11-7/h4,6-7,11H,2-3,5H2,1H3,(H,10,12,13). The molecule has 2 rings (SSSR count). The zero-order valence-corrected chi connectivity index (χ0v) is 7.75. The van der Waals surface area contributed by atoms with Gasteiger partial charge in [-0.05, 0) is 25.5 Å². The van der Waals surface area contributed by atoms with Crippen molar-refractivity contribution in [2.75, 3.05) is 18.9 Å². The first kappa shape index (κ1) is 8.44. The van der Waals surface area contributed by atoms with Gasteiger partial charge in [0.05, 0.1) is 5.69 Å². The van der Waals surface area contributed by atoms with E-state index in [4.69, 9.17) is 0 Å². The van der Waals surface area contributed by atoms with Crippen LogP contribution in [0.3, 0.4) is 0 Å². The van der Waals surface area contributed by atoms with Crippen LogP contribution in [0.2, 0.25) is 0 Å². The maximum absolute atomic E-state index is 4.39. The summed E-state index contributed by atoms with van der Waals surface area (Å²) in [6.07, 6.45) is 4.22. The maximum atomic E-state index is 4.39. The molecule has 2 N–H and O–H groups in total. The second-order valence-electron chi connectivity index (χ2n) is 3.20. The molecule has 2 heterocycles. The lowest BCUT2D eigenvalue weighted by atomic mass is 10.1. The molecule has 1 aromatic rings. The quantitative estimate of drug-likeness (QED) is 0.707. The maximum Gasteiger partial charge on any atom is 0.222 e. The van der Waals surface area contributed by atoms with E-state index in [0.717, 1.165) is 12.2 Å². The van der Waals surface area contributed by atoms with Crippen molar-refractivity contribution in [1.82, 2.24) is 15.3 Å². The van der Waals surface area contributed by atoms with Crippen LogP contribution in [0.5, 0.6) is 0 Å². The SMILES string of the molecule is CNc1nccc(C2CCCN2)n1. The fourth-order valence-electron chi connectivity index (χ4n) is 1.62. The van der Waals surface area contributed by atoms with Gasteiger partial charge < -0.3 is 10.6 Å². The van der Waals surface area contributed by atoms with Gasteiger partial charge in [-0.2, -0.15) is 0 Å². The predicted molar refractivity (Wildman–Crippen MR) is 51.6 cm³/mol. The van der Waals surface area contributed by atoms with Gasteiger partial charge in [-0.15, -0.1) is 0 Å². The van der Waals surface area contributed by atoms with Crippen LogP contribution >= 0.6 is 0 Å². The van der Waals surface area contributed by atoms with E-state index in [2.05, 4.69) is 20.6 Å². The molecule has 0 aliphatic carbocycles. The number of rotatable bonds is 2. The van der Waals surface area contributed by atoms with Crippen LogP contribution in [0.25, 0.3) is 0 Å². The summed E-state index contributed by atoms with van der Waals surface area (Å²) in [5.74, 6) is 0.700. The summed E-state index contributed by atoms with van der Waals surface area (Å²) in [7, 11) is 1.83. The van der Waals surface area contributed by atoms with Gasteiger partial charge in [0.1, 0.15) is 0 Å². The lowest BCUT2D eigenvalue weighted by Crippen LogP contribution is -2.15. The largest absolute Gasteiger partial charge is 0.357 e. The van der Waals surface area contributed by atoms with Crippen molar-refractivity contribution < 1.29 is 0 Å². The first-order valence-electron chi connectivity index (χ1n) is 4.64. The highest BCUT2D eigenvalue weighted by atomic mass is 15.1. The number of hydrogen-bond acceptors (Lipinski definition) is 4. The summed E-state index contributed by atoms with van der Waals surface area (Å²) in [4.78, 5) is 8.47. The van der Waals surface area contributed by atoms with Gasteiger partial charge in [0, 0.05) is 19.3 Å². The molecular weight excluding hydrogens is 164 g/mol. The molecular formula is C9H14N4. The first-order valence-corrected chi connectivity index (χ1v) is 4.64. The average Bonchev–Trinajstić information content (AvgIpc) is 2.71. The summed E-state index contributed by atoms with van der Waals surface area (Å²) in [6, 6.07) is 2.40. The van der Waals surface area contributed by atoms with Crippen molar-refractivity contribution in [2.45, 2.75) is 18.9 Å². The second-order valence-corrected chi connectivity index (χ2v) is 3.20. The molecule has 1 aliphatic rings. The Morgan fingerprint density at radius 1 is 1.62 bits per heavy atom. The third-order valence-electron chi connectivity index (χ3n) is 2.32. The van der Waals surface area contributed by atoms with E-state index in [1.807, 2.05) is 13.1 Å². The fraction of sp³-hybridized carbons (Fsp3) is 0.556. The Labute approximate surface area is 77.8 Å². The molecule has 0 radical (unpaired) electrons. The van der Waals surface area contributed by atoms with Crippen molar-refractivity contribution in [3.8, 4) is 0 Å². The Bertz CT molecular complexity index is 281. The molecule has 0 aromatic carbocycles. The monoisotopic (exact) mass is 178 g/mol. The second kappa shape index (κ2) is 3.70. The Kier molecular flexibility index (Phi) is 2.40. The normalized spacial score (nSPS) is 21.8. The molecule has 1 unspecified atom stereocenters. The Morgan fingerprint density at radius 2 is 2.54 bits per heavy atom. The minimum atomic E-state index is 0.426. The summed E-state index contributed by atoms with van der Waals surface area (Å²) in [5, 5.41) is 6.35. The lowest BCUT2D eigenvalue weighted by molar-refractivity contribution is 0.626. The lowest BCUT2D eigenvalue weighted by Gasteiger charge is -2.09. The van der Waals surface area contributed by atoms with E-state index < -0.39 is 0 Å². The van der Waals surface area contributed by atoms with E-state index in [1.165, 1.54) is 12.8 Å². The first-order chi connectivity index (χ1) is 6.40. The highest BCUT2D eigenvalue weighted by Gasteiger charge is 2.17. The van der Waals surface area contributed by atoms with Crippen molar-refractivity contribution in [3.05, 3.63) is 18.0 Å². The average molecular weight is 178 g/mol. The molecule has 0 amide bonds. The van der Waals surface area contributed by atoms with E-state index >= 15 is 0 Å². The molecule has 0 bridgehead atoms. The van der Waals surface area contributed by atoms with Crippen LogP contribution < -0.4 is 10.6 Å². The predicted octanol–water partition coefficient (Wildman–Crippen LogP) is 0.943. The van der Waals surface area contributed by atoms with E-state index in [1.54, 1.807) is 6.20 Å². The van der Waals surface area contributed by atoms with E-state index in [9.17, 15) is 0 Å². The van der Waals surface area contributed by atoms with Crippen LogP contribution in [0, 0.1) is 0 Å². The Hall–Kier alpha value is -1.16. The van der Waals surface area contributed by atoms with Crippen molar-refractivity contribution >= 4 is 5.95 Å². The molecule has 0 saturated carbocycles. The van der Waals surface area contributed by atoms with Crippen molar-refractivity contribution in [3.63, 3.8) is 0 Å². The molecule has 13 heavy (non-hydrogen) atoms.